The minimum atomic E-state index is -0.503. The normalized spacial score (nSPS) is 12.1. The lowest BCUT2D eigenvalue weighted by Crippen LogP contribution is -2.24. The average molecular weight is 375 g/mol. The van der Waals surface area contributed by atoms with Crippen LogP contribution in [0.3, 0.4) is 0 Å². The molecular weight excluding hydrogens is 360 g/mol. The molecule has 0 N–H and O–H groups in total. The highest BCUT2D eigenvalue weighted by Crippen LogP contribution is 2.26. The van der Waals surface area contributed by atoms with Gasteiger partial charge in [-0.2, -0.15) is 0 Å². The molecule has 0 aliphatic carbocycles. The van der Waals surface area contributed by atoms with Gasteiger partial charge in [-0.25, -0.2) is 4.98 Å². The zero-order chi connectivity index (χ0) is 18.0. The summed E-state index contributed by atoms with van der Waals surface area (Å²) in [5, 5.41) is 0.996. The number of carbonyl (C=O) groups is 1. The molecule has 1 aromatic heterocycles. The summed E-state index contributed by atoms with van der Waals surface area (Å²) in [7, 11) is 1.33. The number of ether oxygens (including phenoxy) is 1. The largest absolute Gasteiger partial charge is 0.468 e. The molecule has 0 spiro atoms. The number of hydrogen-bond donors (Lipinski definition) is 0. The van der Waals surface area contributed by atoms with Crippen LogP contribution in [0.1, 0.15) is 6.92 Å². The molecule has 25 heavy (non-hydrogen) atoms. The van der Waals surface area contributed by atoms with Gasteiger partial charge < -0.3 is 4.74 Å². The van der Waals surface area contributed by atoms with E-state index < -0.39 is 5.25 Å². The van der Waals surface area contributed by atoms with Crippen molar-refractivity contribution in [1.82, 2.24) is 9.55 Å². The van der Waals surface area contributed by atoms with Crippen molar-refractivity contribution in [2.45, 2.75) is 17.3 Å². The van der Waals surface area contributed by atoms with E-state index in [2.05, 4.69) is 4.98 Å². The molecule has 0 saturated carbocycles. The highest BCUT2D eigenvalue weighted by Gasteiger charge is 2.20. The summed E-state index contributed by atoms with van der Waals surface area (Å²) in [4.78, 5) is 29.4. The molecule has 0 amide bonds. The van der Waals surface area contributed by atoms with E-state index in [4.69, 9.17) is 16.3 Å². The lowest BCUT2D eigenvalue weighted by atomic mass is 10.2. The summed E-state index contributed by atoms with van der Waals surface area (Å²) in [5.74, 6) is -0.380. The number of rotatable bonds is 4. The van der Waals surface area contributed by atoms with Crippen LogP contribution in [0.4, 0.5) is 0 Å². The molecule has 3 rings (SSSR count). The van der Waals surface area contributed by atoms with Gasteiger partial charge in [-0.3, -0.25) is 14.2 Å². The average Bonchev–Trinajstić information content (AvgIpc) is 2.62. The van der Waals surface area contributed by atoms with E-state index in [1.165, 1.54) is 23.4 Å². The molecule has 0 radical (unpaired) electrons. The van der Waals surface area contributed by atoms with E-state index in [0.29, 0.717) is 26.8 Å². The summed E-state index contributed by atoms with van der Waals surface area (Å²) >= 11 is 7.12. The van der Waals surface area contributed by atoms with Gasteiger partial charge in [0.1, 0.15) is 5.25 Å². The van der Waals surface area contributed by atoms with E-state index in [-0.39, 0.29) is 11.5 Å². The number of methoxy groups -OCH3 is 1. The zero-order valence-corrected chi connectivity index (χ0v) is 15.2. The van der Waals surface area contributed by atoms with Gasteiger partial charge in [0.25, 0.3) is 5.56 Å². The van der Waals surface area contributed by atoms with Crippen molar-refractivity contribution in [3.63, 3.8) is 0 Å². The maximum Gasteiger partial charge on any atom is 0.318 e. The van der Waals surface area contributed by atoms with Crippen LogP contribution in [0, 0.1) is 0 Å². The molecule has 0 fully saturated rings. The number of nitrogens with zero attached hydrogens (tertiary/aromatic N) is 2. The first-order valence-electron chi connectivity index (χ1n) is 7.53. The third kappa shape index (κ3) is 3.55. The number of aromatic nitrogens is 2. The highest BCUT2D eigenvalue weighted by molar-refractivity contribution is 8.00. The Hall–Kier alpha value is -2.31. The summed E-state index contributed by atoms with van der Waals surface area (Å²) in [6.07, 6.45) is 0. The van der Waals surface area contributed by atoms with Gasteiger partial charge in [-0.1, -0.05) is 35.5 Å². The third-order valence-corrected chi connectivity index (χ3v) is 4.93. The van der Waals surface area contributed by atoms with Gasteiger partial charge in [-0.05, 0) is 43.3 Å². The minimum Gasteiger partial charge on any atom is -0.468 e. The van der Waals surface area contributed by atoms with Gasteiger partial charge in [0.05, 0.1) is 23.7 Å². The van der Waals surface area contributed by atoms with Crippen LogP contribution in [0.25, 0.3) is 16.6 Å². The number of thioether (sulfide) groups is 1. The summed E-state index contributed by atoms with van der Waals surface area (Å²) in [6, 6.07) is 14.0. The standard InChI is InChI=1S/C18H15ClN2O3S/c1-11(17(23)24-2)25-18-20-15-6-4-3-5-14(15)16(22)21(18)13-9-7-12(19)8-10-13/h3-11H,1-2H3/t11-/m0/s1. The van der Waals surface area contributed by atoms with Crippen LogP contribution >= 0.6 is 23.4 Å². The first kappa shape index (κ1) is 17.5. The van der Waals surface area contributed by atoms with Crippen LogP contribution in [0.15, 0.2) is 58.5 Å². The number of carbonyl (C=O) groups excluding carboxylic acids is 1. The van der Waals surface area contributed by atoms with Gasteiger partial charge in [0.2, 0.25) is 0 Å². The Morgan fingerprint density at radius 3 is 2.56 bits per heavy atom. The topological polar surface area (TPSA) is 61.2 Å². The second-order valence-electron chi connectivity index (χ2n) is 5.31. The van der Waals surface area contributed by atoms with Gasteiger partial charge >= 0.3 is 5.97 Å². The van der Waals surface area contributed by atoms with Crippen molar-refractivity contribution >= 4 is 40.2 Å². The van der Waals surface area contributed by atoms with Crippen LogP contribution in [-0.4, -0.2) is 27.9 Å². The fraction of sp³-hybridized carbons (Fsp3) is 0.167. The second kappa shape index (κ2) is 7.29. The second-order valence-corrected chi connectivity index (χ2v) is 7.06. The Bertz CT molecular complexity index is 986. The van der Waals surface area contributed by atoms with Crippen molar-refractivity contribution in [1.29, 1.82) is 0 Å². The molecule has 0 aliphatic rings. The van der Waals surface area contributed by atoms with Crippen molar-refractivity contribution in [2.24, 2.45) is 0 Å². The Morgan fingerprint density at radius 1 is 1.20 bits per heavy atom. The lowest BCUT2D eigenvalue weighted by molar-refractivity contribution is -0.139. The molecule has 0 bridgehead atoms. The Labute approximate surface area is 153 Å². The van der Waals surface area contributed by atoms with Gasteiger partial charge in [-0.15, -0.1) is 0 Å². The molecule has 0 aliphatic heterocycles. The molecular formula is C18H15ClN2O3S. The van der Waals surface area contributed by atoms with E-state index >= 15 is 0 Å². The maximum atomic E-state index is 13.0. The smallest absolute Gasteiger partial charge is 0.318 e. The minimum absolute atomic E-state index is 0.201. The maximum absolute atomic E-state index is 13.0. The van der Waals surface area contributed by atoms with Crippen LogP contribution in [-0.2, 0) is 9.53 Å². The lowest BCUT2D eigenvalue weighted by Gasteiger charge is -2.15. The number of halogens is 1. The van der Waals surface area contributed by atoms with Gasteiger partial charge in [0.15, 0.2) is 5.16 Å². The number of para-hydroxylation sites is 1. The highest BCUT2D eigenvalue weighted by atomic mass is 35.5. The molecule has 7 heteroatoms. The summed E-state index contributed by atoms with van der Waals surface area (Å²) in [6.45, 7) is 1.71. The molecule has 128 valence electrons. The molecule has 1 atom stereocenters. The van der Waals surface area contributed by atoms with Crippen LogP contribution in [0.5, 0.6) is 0 Å². The van der Waals surface area contributed by atoms with Crippen molar-refractivity contribution < 1.29 is 9.53 Å². The SMILES string of the molecule is COC(=O)[C@H](C)Sc1nc2ccccc2c(=O)n1-c1ccc(Cl)cc1. The fourth-order valence-electron chi connectivity index (χ4n) is 2.38. The van der Waals surface area contributed by atoms with Crippen molar-refractivity contribution in [3.05, 3.63) is 63.9 Å². The van der Waals surface area contributed by atoms with E-state index in [1.807, 2.05) is 6.07 Å². The van der Waals surface area contributed by atoms with Crippen molar-refractivity contribution in [3.8, 4) is 5.69 Å². The number of benzene rings is 2. The number of hydrogen-bond acceptors (Lipinski definition) is 5. The van der Waals surface area contributed by atoms with E-state index in [1.54, 1.807) is 49.4 Å². The molecule has 3 aromatic rings. The van der Waals surface area contributed by atoms with Crippen LogP contribution < -0.4 is 5.56 Å². The Morgan fingerprint density at radius 2 is 1.88 bits per heavy atom. The first-order valence-corrected chi connectivity index (χ1v) is 8.79. The van der Waals surface area contributed by atoms with E-state index in [0.717, 1.165) is 0 Å². The quantitative estimate of drug-likeness (QED) is 0.396. The Kier molecular flexibility index (Phi) is 5.11. The summed E-state index contributed by atoms with van der Waals surface area (Å²) < 4.78 is 6.26. The zero-order valence-electron chi connectivity index (χ0n) is 13.6. The molecule has 0 unspecified atom stereocenters. The molecule has 2 aromatic carbocycles. The number of fused-ring (bicyclic) bond motifs is 1. The van der Waals surface area contributed by atoms with Gasteiger partial charge in [0, 0.05) is 5.02 Å². The first-order chi connectivity index (χ1) is 12.0. The monoisotopic (exact) mass is 374 g/mol. The third-order valence-electron chi connectivity index (χ3n) is 3.65. The predicted octanol–water partition coefficient (Wildman–Crippen LogP) is 3.69. The van der Waals surface area contributed by atoms with E-state index in [9.17, 15) is 9.59 Å². The molecule has 0 saturated heterocycles. The number of esters is 1. The van der Waals surface area contributed by atoms with Crippen LogP contribution in [0.2, 0.25) is 5.02 Å². The predicted molar refractivity (Wildman–Crippen MR) is 99.7 cm³/mol. The van der Waals surface area contributed by atoms with Crippen molar-refractivity contribution in [2.75, 3.05) is 7.11 Å². The molecule has 1 heterocycles. The fourth-order valence-corrected chi connectivity index (χ4v) is 3.46. The summed E-state index contributed by atoms with van der Waals surface area (Å²) in [5.41, 5.74) is 1.01. The Balaban J connectivity index is 2.22. The molecule has 5 nitrogen and oxygen atoms in total.